The van der Waals surface area contributed by atoms with Crippen molar-refractivity contribution in [2.24, 2.45) is 0 Å². The maximum atomic E-state index is 12.7. The number of nitrogens with zero attached hydrogens (tertiary/aromatic N) is 4. The van der Waals surface area contributed by atoms with Gasteiger partial charge in [0.15, 0.2) is 5.16 Å². The second-order valence-electron chi connectivity index (χ2n) is 9.33. The lowest BCUT2D eigenvalue weighted by molar-refractivity contribution is -0.137. The number of thioether (sulfide) groups is 1. The van der Waals surface area contributed by atoms with Crippen molar-refractivity contribution in [3.8, 4) is 0 Å². The zero-order valence-electron chi connectivity index (χ0n) is 23.7. The van der Waals surface area contributed by atoms with E-state index in [1.807, 2.05) is 13.2 Å². The number of halogens is 2. The standard InChI is InChI=1S/C19H17Cl2NO4.C9H17N5S/c1-2-26-19(25)16(21)10-11-9-12(7-8-15(11)20)22-17(23)13-5-3-4-6-14(13)18(22)24;1-5-10-7-12-8(11-6(2)3)14-9(13-7)15-4/h7-10H,2-6H2,1H3;6H,5H2,1-4H3,(H2,10,11,12,13,14)/b16-10-;. The van der Waals surface area contributed by atoms with Gasteiger partial charge in [0.05, 0.1) is 12.3 Å². The lowest BCUT2D eigenvalue weighted by Gasteiger charge is -2.16. The van der Waals surface area contributed by atoms with Gasteiger partial charge in [0.2, 0.25) is 11.9 Å². The first-order valence-corrected chi connectivity index (χ1v) is 15.3. The van der Waals surface area contributed by atoms with E-state index in [9.17, 15) is 14.4 Å². The fourth-order valence-electron chi connectivity index (χ4n) is 4.16. The molecular weight excluding hydrogens is 587 g/mol. The third-order valence-electron chi connectivity index (χ3n) is 5.93. The van der Waals surface area contributed by atoms with Crippen LogP contribution in [0.2, 0.25) is 5.02 Å². The van der Waals surface area contributed by atoms with Crippen LogP contribution in [0.3, 0.4) is 0 Å². The summed E-state index contributed by atoms with van der Waals surface area (Å²) in [6.45, 7) is 8.79. The maximum Gasteiger partial charge on any atom is 0.349 e. The Bertz CT molecular complexity index is 1340. The second-order valence-corrected chi connectivity index (χ2v) is 10.9. The number of hydrogen-bond donors (Lipinski definition) is 2. The van der Waals surface area contributed by atoms with E-state index < -0.39 is 5.97 Å². The van der Waals surface area contributed by atoms with Gasteiger partial charge in [-0.25, -0.2) is 9.69 Å². The smallest absolute Gasteiger partial charge is 0.349 e. The quantitative estimate of drug-likeness (QED) is 0.147. The van der Waals surface area contributed by atoms with Crippen LogP contribution >= 0.6 is 35.0 Å². The summed E-state index contributed by atoms with van der Waals surface area (Å²) in [4.78, 5) is 50.9. The van der Waals surface area contributed by atoms with E-state index in [4.69, 9.17) is 27.9 Å². The van der Waals surface area contributed by atoms with Crippen molar-refractivity contribution in [2.45, 2.75) is 64.6 Å². The summed E-state index contributed by atoms with van der Waals surface area (Å²) in [5.41, 5.74) is 2.04. The van der Waals surface area contributed by atoms with Gasteiger partial charge in [-0.3, -0.25) is 9.59 Å². The number of esters is 1. The molecule has 0 fully saturated rings. The molecular formula is C28H34Cl2N6O4S. The number of carbonyl (C=O) groups excluding carboxylic acids is 3. The summed E-state index contributed by atoms with van der Waals surface area (Å²) in [6.07, 6.45) is 6.40. The highest BCUT2D eigenvalue weighted by atomic mass is 35.5. The first-order valence-electron chi connectivity index (χ1n) is 13.3. The molecule has 0 atom stereocenters. The van der Waals surface area contributed by atoms with Gasteiger partial charge in [-0.1, -0.05) is 35.0 Å². The van der Waals surface area contributed by atoms with Crippen molar-refractivity contribution in [3.05, 3.63) is 45.0 Å². The number of imide groups is 1. The Kier molecular flexibility index (Phi) is 12.0. The molecule has 41 heavy (non-hydrogen) atoms. The Hall–Kier alpha value is -3.15. The molecule has 1 aliphatic carbocycles. The van der Waals surface area contributed by atoms with Crippen LogP contribution in [0.4, 0.5) is 17.6 Å². The molecule has 0 radical (unpaired) electrons. The van der Waals surface area contributed by atoms with Crippen molar-refractivity contribution in [3.63, 3.8) is 0 Å². The lowest BCUT2D eigenvalue weighted by atomic mass is 9.93. The monoisotopic (exact) mass is 620 g/mol. The number of hydrogen-bond acceptors (Lipinski definition) is 10. The zero-order chi connectivity index (χ0) is 30.1. The molecule has 2 aliphatic rings. The lowest BCUT2D eigenvalue weighted by Crippen LogP contribution is -2.31. The number of nitrogens with one attached hydrogen (secondary N) is 2. The maximum absolute atomic E-state index is 12.7. The van der Waals surface area contributed by atoms with E-state index in [1.165, 1.54) is 22.7 Å². The molecule has 2 amide bonds. The summed E-state index contributed by atoms with van der Waals surface area (Å²) in [7, 11) is 0. The van der Waals surface area contributed by atoms with Crippen LogP contribution in [-0.2, 0) is 19.1 Å². The highest BCUT2D eigenvalue weighted by Crippen LogP contribution is 2.37. The number of aromatic nitrogens is 3. The fraction of sp³-hybridized carbons (Fsp3) is 0.429. The van der Waals surface area contributed by atoms with Crippen LogP contribution in [0.1, 0.15) is 58.9 Å². The van der Waals surface area contributed by atoms with Crippen LogP contribution < -0.4 is 15.5 Å². The Balaban J connectivity index is 0.000000263. The third kappa shape index (κ3) is 8.43. The summed E-state index contributed by atoms with van der Waals surface area (Å²) < 4.78 is 4.84. The molecule has 0 saturated heterocycles. The van der Waals surface area contributed by atoms with Crippen LogP contribution in [0.5, 0.6) is 0 Å². The molecule has 1 aliphatic heterocycles. The van der Waals surface area contributed by atoms with Gasteiger partial charge in [-0.2, -0.15) is 15.0 Å². The van der Waals surface area contributed by atoms with E-state index in [0.717, 1.165) is 24.5 Å². The van der Waals surface area contributed by atoms with Crippen LogP contribution in [0.25, 0.3) is 6.08 Å². The average Bonchev–Trinajstić information content (AvgIpc) is 3.19. The average molecular weight is 622 g/mol. The van der Waals surface area contributed by atoms with Crippen molar-refractivity contribution in [1.82, 2.24) is 15.0 Å². The van der Waals surface area contributed by atoms with Crippen LogP contribution in [0, 0.1) is 0 Å². The number of benzene rings is 1. The molecule has 2 aromatic rings. The highest BCUT2D eigenvalue weighted by molar-refractivity contribution is 7.98. The number of amides is 2. The summed E-state index contributed by atoms with van der Waals surface area (Å²) in [5.74, 6) is 0.0262. The molecule has 0 saturated carbocycles. The predicted molar refractivity (Wildman–Crippen MR) is 164 cm³/mol. The number of rotatable bonds is 9. The van der Waals surface area contributed by atoms with Crippen molar-refractivity contribution in [1.29, 1.82) is 0 Å². The zero-order valence-corrected chi connectivity index (χ0v) is 26.0. The molecule has 0 unspecified atom stereocenters. The Morgan fingerprint density at radius 2 is 1.73 bits per heavy atom. The van der Waals surface area contributed by atoms with Crippen LogP contribution in [-0.4, -0.2) is 58.2 Å². The minimum atomic E-state index is -0.666. The van der Waals surface area contributed by atoms with E-state index in [1.54, 1.807) is 25.1 Å². The second kappa shape index (κ2) is 15.2. The first kappa shape index (κ1) is 32.4. The van der Waals surface area contributed by atoms with E-state index in [2.05, 4.69) is 39.4 Å². The van der Waals surface area contributed by atoms with Crippen LogP contribution in [0.15, 0.2) is 39.5 Å². The first-order chi connectivity index (χ1) is 19.6. The third-order valence-corrected chi connectivity index (χ3v) is 7.09. The molecule has 13 heteroatoms. The van der Waals surface area contributed by atoms with Gasteiger partial charge >= 0.3 is 5.97 Å². The summed E-state index contributed by atoms with van der Waals surface area (Å²) in [5, 5.41) is 7.17. The predicted octanol–water partition coefficient (Wildman–Crippen LogP) is 6.07. The molecule has 1 aromatic heterocycles. The Labute approximate surface area is 254 Å². The molecule has 0 spiro atoms. The Morgan fingerprint density at radius 3 is 2.29 bits per heavy atom. The van der Waals surface area contributed by atoms with Crippen molar-refractivity contribution in [2.75, 3.05) is 34.9 Å². The molecule has 2 N–H and O–H groups in total. The largest absolute Gasteiger partial charge is 0.462 e. The van der Waals surface area contributed by atoms with Crippen molar-refractivity contribution < 1.29 is 19.1 Å². The van der Waals surface area contributed by atoms with Gasteiger partial charge in [-0.05, 0) is 89.5 Å². The van der Waals surface area contributed by atoms with E-state index >= 15 is 0 Å². The van der Waals surface area contributed by atoms with Gasteiger partial charge < -0.3 is 15.4 Å². The van der Waals surface area contributed by atoms with Gasteiger partial charge in [0.1, 0.15) is 5.03 Å². The topological polar surface area (TPSA) is 126 Å². The molecule has 1 aromatic carbocycles. The van der Waals surface area contributed by atoms with E-state index in [-0.39, 0.29) is 23.5 Å². The van der Waals surface area contributed by atoms with Gasteiger partial charge in [0.25, 0.3) is 11.8 Å². The minimum Gasteiger partial charge on any atom is -0.462 e. The van der Waals surface area contributed by atoms with Crippen molar-refractivity contribution >= 4 is 76.4 Å². The molecule has 10 nitrogen and oxygen atoms in total. The van der Waals surface area contributed by atoms with E-state index in [0.29, 0.717) is 58.2 Å². The molecule has 220 valence electrons. The SMILES string of the molecule is CCNc1nc(NC(C)C)nc(SC)n1.CCOC(=O)/C(Cl)=C/c1cc(N2C(=O)C3=C(CCCC3)C2=O)ccc1Cl. The number of ether oxygens (including phenoxy) is 1. The molecule has 0 bridgehead atoms. The summed E-state index contributed by atoms with van der Waals surface area (Å²) in [6, 6.07) is 5.05. The fourth-order valence-corrected chi connectivity index (χ4v) is 4.86. The number of carbonyl (C=O) groups is 3. The minimum absolute atomic E-state index is 0.137. The highest BCUT2D eigenvalue weighted by Gasteiger charge is 2.39. The van der Waals surface area contributed by atoms with Gasteiger partial charge in [0, 0.05) is 28.8 Å². The van der Waals surface area contributed by atoms with Gasteiger partial charge in [-0.15, -0.1) is 0 Å². The Morgan fingerprint density at radius 1 is 1.10 bits per heavy atom. The normalized spacial score (nSPS) is 15.0. The number of anilines is 3. The molecule has 4 rings (SSSR count). The summed E-state index contributed by atoms with van der Waals surface area (Å²) >= 11 is 13.6. The molecule has 2 heterocycles.